The first-order valence-electron chi connectivity index (χ1n) is 5.03. The highest BCUT2D eigenvalue weighted by Gasteiger charge is 2.12. The van der Waals surface area contributed by atoms with E-state index in [4.69, 9.17) is 10.5 Å². The van der Waals surface area contributed by atoms with Crippen molar-refractivity contribution < 1.29 is 9.53 Å². The Morgan fingerprint density at radius 2 is 2.29 bits per heavy atom. The highest BCUT2D eigenvalue weighted by atomic mass is 16.5. The fraction of sp³-hybridized carbons (Fsp3) is 0.300. The Morgan fingerprint density at radius 1 is 1.53 bits per heavy atom. The molecular formula is C10H13N5O2. The molecule has 0 saturated carbocycles. The Hall–Kier alpha value is -2.31. The van der Waals surface area contributed by atoms with Gasteiger partial charge in [-0.25, -0.2) is 4.98 Å². The molecule has 2 aromatic rings. The number of nitrogen functional groups attached to an aromatic ring is 1. The van der Waals surface area contributed by atoms with Crippen molar-refractivity contribution in [2.24, 2.45) is 0 Å². The molecule has 7 heteroatoms. The van der Waals surface area contributed by atoms with Crippen molar-refractivity contribution in [3.05, 3.63) is 12.1 Å². The first-order chi connectivity index (χ1) is 8.15. The van der Waals surface area contributed by atoms with Gasteiger partial charge in [-0.1, -0.05) is 0 Å². The monoisotopic (exact) mass is 235 g/mol. The van der Waals surface area contributed by atoms with Crippen molar-refractivity contribution in [2.45, 2.75) is 6.54 Å². The Labute approximate surface area is 97.6 Å². The molecule has 1 amide bonds. The second-order valence-electron chi connectivity index (χ2n) is 3.43. The topological polar surface area (TPSA) is 95.1 Å². The lowest BCUT2D eigenvalue weighted by molar-refractivity contribution is -0.121. The number of carbonyl (C=O) groups is 1. The third-order valence-electron chi connectivity index (χ3n) is 2.39. The van der Waals surface area contributed by atoms with Gasteiger partial charge in [-0.05, 0) is 6.07 Å². The zero-order chi connectivity index (χ0) is 12.4. The molecule has 3 N–H and O–H groups in total. The zero-order valence-corrected chi connectivity index (χ0v) is 9.60. The van der Waals surface area contributed by atoms with Crippen LogP contribution in [0.3, 0.4) is 0 Å². The second-order valence-corrected chi connectivity index (χ2v) is 3.43. The van der Waals surface area contributed by atoms with E-state index in [1.54, 1.807) is 19.2 Å². The number of nitrogens with one attached hydrogen (secondary N) is 1. The maximum atomic E-state index is 11.4. The molecule has 2 aromatic heterocycles. The summed E-state index contributed by atoms with van der Waals surface area (Å²) < 4.78 is 6.56. The van der Waals surface area contributed by atoms with Crippen LogP contribution in [-0.4, -0.2) is 34.6 Å². The fourth-order valence-electron chi connectivity index (χ4n) is 1.49. The van der Waals surface area contributed by atoms with E-state index in [0.29, 0.717) is 17.0 Å². The number of carbonyl (C=O) groups excluding carboxylic acids is 1. The number of hydrogen-bond donors (Lipinski definition) is 2. The van der Waals surface area contributed by atoms with Crippen LogP contribution >= 0.6 is 0 Å². The van der Waals surface area contributed by atoms with Gasteiger partial charge < -0.3 is 15.8 Å². The quantitative estimate of drug-likeness (QED) is 0.766. The minimum atomic E-state index is -0.166. The van der Waals surface area contributed by atoms with Crippen molar-refractivity contribution in [2.75, 3.05) is 19.9 Å². The van der Waals surface area contributed by atoms with Gasteiger partial charge in [-0.3, -0.25) is 9.36 Å². The Kier molecular flexibility index (Phi) is 2.82. The minimum Gasteiger partial charge on any atom is -0.481 e. The molecule has 2 heterocycles. The van der Waals surface area contributed by atoms with E-state index in [1.807, 2.05) is 0 Å². The predicted octanol–water partition coefficient (Wildman–Crippen LogP) is -0.232. The Bertz CT molecular complexity index is 563. The van der Waals surface area contributed by atoms with Crippen molar-refractivity contribution in [1.29, 1.82) is 0 Å². The average molecular weight is 235 g/mol. The van der Waals surface area contributed by atoms with Crippen molar-refractivity contribution >= 4 is 23.0 Å². The Balaban J connectivity index is 2.52. The van der Waals surface area contributed by atoms with Gasteiger partial charge in [-0.15, -0.1) is 0 Å². The summed E-state index contributed by atoms with van der Waals surface area (Å²) in [5, 5.41) is 2.52. The van der Waals surface area contributed by atoms with Crippen LogP contribution in [0.4, 0.5) is 5.95 Å². The van der Waals surface area contributed by atoms with Crippen molar-refractivity contribution in [3.8, 4) is 5.88 Å². The molecule has 0 bridgehead atoms. The van der Waals surface area contributed by atoms with Crippen LogP contribution in [0.5, 0.6) is 5.88 Å². The highest BCUT2D eigenvalue weighted by Crippen LogP contribution is 2.18. The summed E-state index contributed by atoms with van der Waals surface area (Å²) in [6.07, 6.45) is 0. The minimum absolute atomic E-state index is 0.0823. The lowest BCUT2D eigenvalue weighted by atomic mass is 10.4. The summed E-state index contributed by atoms with van der Waals surface area (Å²) in [6.45, 7) is 0.0823. The number of amides is 1. The molecule has 0 saturated heterocycles. The van der Waals surface area contributed by atoms with E-state index in [-0.39, 0.29) is 18.4 Å². The number of rotatable bonds is 3. The number of methoxy groups -OCH3 is 1. The van der Waals surface area contributed by atoms with Crippen LogP contribution < -0.4 is 15.8 Å². The summed E-state index contributed by atoms with van der Waals surface area (Å²) in [5.41, 5.74) is 6.90. The van der Waals surface area contributed by atoms with E-state index >= 15 is 0 Å². The predicted molar refractivity (Wildman–Crippen MR) is 62.6 cm³/mol. The van der Waals surface area contributed by atoms with Crippen LogP contribution in [0.1, 0.15) is 0 Å². The number of anilines is 1. The largest absolute Gasteiger partial charge is 0.481 e. The number of fused-ring (bicyclic) bond motifs is 1. The van der Waals surface area contributed by atoms with E-state index < -0.39 is 0 Å². The SMILES string of the molecule is CNC(=O)Cn1c(N)nc2ccc(OC)nc21. The Morgan fingerprint density at radius 3 is 2.94 bits per heavy atom. The summed E-state index contributed by atoms with van der Waals surface area (Å²) in [5.74, 6) is 0.542. The molecule has 7 nitrogen and oxygen atoms in total. The van der Waals surface area contributed by atoms with E-state index in [9.17, 15) is 4.79 Å². The molecule has 0 radical (unpaired) electrons. The average Bonchev–Trinajstić information content (AvgIpc) is 2.65. The number of nitrogens with two attached hydrogens (primary N) is 1. The van der Waals surface area contributed by atoms with Crippen molar-refractivity contribution in [3.63, 3.8) is 0 Å². The van der Waals surface area contributed by atoms with Gasteiger partial charge in [-0.2, -0.15) is 4.98 Å². The second kappa shape index (κ2) is 4.28. The lowest BCUT2D eigenvalue weighted by Gasteiger charge is -2.05. The van der Waals surface area contributed by atoms with Gasteiger partial charge in [0.05, 0.1) is 7.11 Å². The number of imidazole rings is 1. The third kappa shape index (κ3) is 1.99. The molecule has 2 rings (SSSR count). The standard InChI is InChI=1S/C10H13N5O2/c1-12-7(16)5-15-9-6(13-10(15)11)3-4-8(14-9)17-2/h3-4H,5H2,1-2H3,(H2,11,13)(H,12,16). The molecule has 0 aromatic carbocycles. The number of aromatic nitrogens is 3. The first-order valence-corrected chi connectivity index (χ1v) is 5.03. The smallest absolute Gasteiger partial charge is 0.239 e. The molecule has 0 atom stereocenters. The van der Waals surface area contributed by atoms with Crippen LogP contribution in [-0.2, 0) is 11.3 Å². The summed E-state index contributed by atoms with van der Waals surface area (Å²) >= 11 is 0. The van der Waals surface area contributed by atoms with E-state index in [2.05, 4.69) is 15.3 Å². The zero-order valence-electron chi connectivity index (χ0n) is 9.60. The van der Waals surface area contributed by atoms with Crippen LogP contribution in [0, 0.1) is 0 Å². The van der Waals surface area contributed by atoms with E-state index in [0.717, 1.165) is 0 Å². The first kappa shape index (κ1) is 11.2. The summed E-state index contributed by atoms with van der Waals surface area (Å²) in [7, 11) is 3.09. The maximum Gasteiger partial charge on any atom is 0.239 e. The number of hydrogen-bond acceptors (Lipinski definition) is 5. The van der Waals surface area contributed by atoms with E-state index in [1.165, 1.54) is 11.7 Å². The van der Waals surface area contributed by atoms with Gasteiger partial charge in [0.1, 0.15) is 12.1 Å². The number of nitrogens with zero attached hydrogens (tertiary/aromatic N) is 3. The lowest BCUT2D eigenvalue weighted by Crippen LogP contribution is -2.24. The molecule has 0 unspecified atom stereocenters. The molecule has 17 heavy (non-hydrogen) atoms. The van der Waals surface area contributed by atoms with Crippen LogP contribution in [0.25, 0.3) is 11.2 Å². The van der Waals surface area contributed by atoms with Gasteiger partial charge in [0.15, 0.2) is 5.65 Å². The number of pyridine rings is 1. The van der Waals surface area contributed by atoms with Gasteiger partial charge in [0.2, 0.25) is 17.7 Å². The van der Waals surface area contributed by atoms with Crippen LogP contribution in [0.15, 0.2) is 12.1 Å². The van der Waals surface area contributed by atoms with Crippen molar-refractivity contribution in [1.82, 2.24) is 19.9 Å². The van der Waals surface area contributed by atoms with Crippen LogP contribution in [0.2, 0.25) is 0 Å². The number of likely N-dealkylation sites (N-methyl/N-ethyl adjacent to an activating group) is 1. The molecule has 0 spiro atoms. The molecule has 0 fully saturated rings. The molecule has 90 valence electrons. The normalized spacial score (nSPS) is 10.5. The molecular weight excluding hydrogens is 222 g/mol. The highest BCUT2D eigenvalue weighted by molar-refractivity contribution is 5.80. The molecule has 0 aliphatic carbocycles. The van der Waals surface area contributed by atoms with Gasteiger partial charge in [0, 0.05) is 13.1 Å². The van der Waals surface area contributed by atoms with Gasteiger partial charge >= 0.3 is 0 Å². The third-order valence-corrected chi connectivity index (χ3v) is 2.39. The molecule has 0 aliphatic rings. The molecule has 0 aliphatic heterocycles. The van der Waals surface area contributed by atoms with Gasteiger partial charge in [0.25, 0.3) is 0 Å². The number of ether oxygens (including phenoxy) is 1. The summed E-state index contributed by atoms with van der Waals surface area (Å²) in [6, 6.07) is 3.44. The fourth-order valence-corrected chi connectivity index (χ4v) is 1.49. The summed E-state index contributed by atoms with van der Waals surface area (Å²) in [4.78, 5) is 19.7. The maximum absolute atomic E-state index is 11.4.